The van der Waals surface area contributed by atoms with Gasteiger partial charge in [-0.1, -0.05) is 20.8 Å². The molecule has 0 radical (unpaired) electrons. The number of likely N-dealkylation sites (N-methyl/N-ethyl adjacent to an activating group) is 1. The monoisotopic (exact) mass is 329 g/mol. The van der Waals surface area contributed by atoms with Crippen molar-refractivity contribution in [3.8, 4) is 0 Å². The zero-order chi connectivity index (χ0) is 17.2. The first kappa shape index (κ1) is 16.9. The maximum atomic E-state index is 5.91. The Balaban J connectivity index is 1.60. The van der Waals surface area contributed by atoms with Crippen molar-refractivity contribution >= 4 is 5.82 Å². The molecule has 3 heterocycles. The summed E-state index contributed by atoms with van der Waals surface area (Å²) in [4.78, 5) is 9.07. The number of hydrogen-bond acceptors (Lipinski definition) is 6. The lowest BCUT2D eigenvalue weighted by atomic mass is 9.94. The first-order chi connectivity index (χ1) is 11.4. The molecule has 6 heteroatoms. The molecule has 2 aromatic rings. The van der Waals surface area contributed by atoms with Crippen molar-refractivity contribution < 1.29 is 4.42 Å². The van der Waals surface area contributed by atoms with Crippen LogP contribution in [0.5, 0.6) is 0 Å². The molecular formula is C18H27N5O. The van der Waals surface area contributed by atoms with Gasteiger partial charge < -0.3 is 9.32 Å². The normalized spacial score (nSPS) is 18.5. The van der Waals surface area contributed by atoms with Crippen molar-refractivity contribution in [2.24, 2.45) is 0 Å². The number of hydrogen-bond donors (Lipinski definition) is 0. The first-order valence-electron chi connectivity index (χ1n) is 8.61. The topological polar surface area (TPSA) is 58.3 Å². The molecule has 24 heavy (non-hydrogen) atoms. The fourth-order valence-corrected chi connectivity index (χ4v) is 3.16. The van der Waals surface area contributed by atoms with Gasteiger partial charge >= 0.3 is 0 Å². The standard InChI is InChI=1S/C18H27N5O/c1-18(2,3)15-11-19-17(24-15)13-22(4)12-14-7-6-10-23(14)16-8-5-9-20-21-16/h5,8-9,11,14H,6-7,10,12-13H2,1-4H3. The van der Waals surface area contributed by atoms with E-state index in [4.69, 9.17) is 4.42 Å². The highest BCUT2D eigenvalue weighted by molar-refractivity contribution is 5.39. The first-order valence-corrected chi connectivity index (χ1v) is 8.61. The van der Waals surface area contributed by atoms with Crippen LogP contribution in [0.2, 0.25) is 0 Å². The van der Waals surface area contributed by atoms with E-state index in [-0.39, 0.29) is 5.41 Å². The fourth-order valence-electron chi connectivity index (χ4n) is 3.16. The van der Waals surface area contributed by atoms with E-state index in [0.29, 0.717) is 6.04 Å². The molecule has 1 unspecified atom stereocenters. The van der Waals surface area contributed by atoms with Crippen molar-refractivity contribution in [1.29, 1.82) is 0 Å². The predicted octanol–water partition coefficient (Wildman–Crippen LogP) is 2.86. The Hall–Kier alpha value is -1.95. The van der Waals surface area contributed by atoms with Gasteiger partial charge in [0.15, 0.2) is 5.82 Å². The molecule has 1 fully saturated rings. The average Bonchev–Trinajstić information content (AvgIpc) is 3.17. The Kier molecular flexibility index (Phi) is 4.85. The van der Waals surface area contributed by atoms with Gasteiger partial charge in [0.1, 0.15) is 5.76 Å². The summed E-state index contributed by atoms with van der Waals surface area (Å²) in [5.74, 6) is 2.69. The summed E-state index contributed by atoms with van der Waals surface area (Å²) < 4.78 is 5.91. The smallest absolute Gasteiger partial charge is 0.208 e. The van der Waals surface area contributed by atoms with Crippen LogP contribution in [-0.2, 0) is 12.0 Å². The lowest BCUT2D eigenvalue weighted by Gasteiger charge is -2.28. The molecule has 1 saturated heterocycles. The number of rotatable bonds is 5. The van der Waals surface area contributed by atoms with Crippen LogP contribution in [0, 0.1) is 0 Å². The highest BCUT2D eigenvalue weighted by atomic mass is 16.4. The second kappa shape index (κ2) is 6.89. The summed E-state index contributed by atoms with van der Waals surface area (Å²) in [7, 11) is 2.12. The molecule has 0 aromatic carbocycles. The Labute approximate surface area is 143 Å². The van der Waals surface area contributed by atoms with Gasteiger partial charge in [-0.05, 0) is 32.0 Å². The van der Waals surface area contributed by atoms with Crippen LogP contribution in [0.1, 0.15) is 45.3 Å². The molecule has 2 aromatic heterocycles. The number of oxazole rings is 1. The number of nitrogens with zero attached hydrogens (tertiary/aromatic N) is 5. The molecular weight excluding hydrogens is 302 g/mol. The zero-order valence-electron chi connectivity index (χ0n) is 15.1. The molecule has 130 valence electrons. The van der Waals surface area contributed by atoms with Crippen LogP contribution in [0.4, 0.5) is 5.82 Å². The largest absolute Gasteiger partial charge is 0.444 e. The van der Waals surface area contributed by atoms with Gasteiger partial charge in [0.25, 0.3) is 0 Å². The Morgan fingerprint density at radius 1 is 1.38 bits per heavy atom. The molecule has 0 spiro atoms. The number of anilines is 1. The van der Waals surface area contributed by atoms with E-state index in [2.05, 4.69) is 52.8 Å². The van der Waals surface area contributed by atoms with Gasteiger partial charge in [-0.15, -0.1) is 5.10 Å². The van der Waals surface area contributed by atoms with E-state index in [1.54, 1.807) is 6.20 Å². The van der Waals surface area contributed by atoms with Gasteiger partial charge in [-0.25, -0.2) is 4.98 Å². The van der Waals surface area contributed by atoms with Gasteiger partial charge in [0, 0.05) is 30.7 Å². The minimum atomic E-state index is -0.00193. The zero-order valence-corrected chi connectivity index (χ0v) is 15.1. The fraction of sp³-hybridized carbons (Fsp3) is 0.611. The third-order valence-corrected chi connectivity index (χ3v) is 4.45. The SMILES string of the molecule is CN(Cc1ncc(C(C)(C)C)o1)CC1CCCN1c1cccnn1. The Morgan fingerprint density at radius 3 is 2.88 bits per heavy atom. The summed E-state index contributed by atoms with van der Waals surface area (Å²) in [6, 6.07) is 4.45. The maximum Gasteiger partial charge on any atom is 0.208 e. The van der Waals surface area contributed by atoms with Crippen molar-refractivity contribution in [2.45, 2.75) is 51.6 Å². The van der Waals surface area contributed by atoms with E-state index in [1.807, 2.05) is 18.3 Å². The van der Waals surface area contributed by atoms with Gasteiger partial charge in [-0.2, -0.15) is 5.10 Å². The van der Waals surface area contributed by atoms with Crippen LogP contribution >= 0.6 is 0 Å². The molecule has 3 rings (SSSR count). The second-order valence-electron chi connectivity index (χ2n) is 7.64. The summed E-state index contributed by atoms with van der Waals surface area (Å²) >= 11 is 0. The van der Waals surface area contributed by atoms with Gasteiger partial charge in [0.05, 0.1) is 12.7 Å². The van der Waals surface area contributed by atoms with Crippen molar-refractivity contribution in [3.05, 3.63) is 36.2 Å². The lowest BCUT2D eigenvalue weighted by molar-refractivity contribution is 0.261. The summed E-state index contributed by atoms with van der Waals surface area (Å²) in [6.45, 7) is 9.14. The Bertz CT molecular complexity index is 649. The molecule has 0 saturated carbocycles. The molecule has 6 nitrogen and oxygen atoms in total. The molecule has 0 bridgehead atoms. The molecule has 1 aliphatic rings. The summed E-state index contributed by atoms with van der Waals surface area (Å²) in [6.07, 6.45) is 5.95. The molecule has 1 atom stereocenters. The predicted molar refractivity (Wildman–Crippen MR) is 93.9 cm³/mol. The van der Waals surface area contributed by atoms with Crippen molar-refractivity contribution in [1.82, 2.24) is 20.1 Å². The summed E-state index contributed by atoms with van der Waals surface area (Å²) in [5.41, 5.74) is -0.00193. The van der Waals surface area contributed by atoms with E-state index >= 15 is 0 Å². The minimum Gasteiger partial charge on any atom is -0.444 e. The van der Waals surface area contributed by atoms with E-state index in [1.165, 1.54) is 12.8 Å². The average molecular weight is 329 g/mol. The van der Waals surface area contributed by atoms with E-state index < -0.39 is 0 Å². The van der Waals surface area contributed by atoms with Gasteiger partial charge in [-0.3, -0.25) is 4.90 Å². The minimum absolute atomic E-state index is 0.00193. The molecule has 0 aliphatic carbocycles. The van der Waals surface area contributed by atoms with Crippen LogP contribution in [0.15, 0.2) is 28.9 Å². The van der Waals surface area contributed by atoms with Crippen molar-refractivity contribution in [2.75, 3.05) is 25.0 Å². The lowest BCUT2D eigenvalue weighted by Crippen LogP contribution is -2.39. The third-order valence-electron chi connectivity index (χ3n) is 4.45. The third kappa shape index (κ3) is 3.93. The maximum absolute atomic E-state index is 5.91. The Morgan fingerprint density at radius 2 is 2.21 bits per heavy atom. The quantitative estimate of drug-likeness (QED) is 0.841. The second-order valence-corrected chi connectivity index (χ2v) is 7.64. The van der Waals surface area contributed by atoms with E-state index in [9.17, 15) is 0 Å². The summed E-state index contributed by atoms with van der Waals surface area (Å²) in [5, 5.41) is 8.27. The van der Waals surface area contributed by atoms with Crippen LogP contribution in [0.3, 0.4) is 0 Å². The van der Waals surface area contributed by atoms with Crippen LogP contribution in [0.25, 0.3) is 0 Å². The van der Waals surface area contributed by atoms with Crippen LogP contribution < -0.4 is 4.90 Å². The van der Waals surface area contributed by atoms with Gasteiger partial charge in [0.2, 0.25) is 5.89 Å². The number of aromatic nitrogens is 3. The highest BCUT2D eigenvalue weighted by Crippen LogP contribution is 2.25. The van der Waals surface area contributed by atoms with E-state index in [0.717, 1.165) is 37.1 Å². The van der Waals surface area contributed by atoms with Crippen molar-refractivity contribution in [3.63, 3.8) is 0 Å². The molecule has 0 amide bonds. The molecule has 1 aliphatic heterocycles. The molecule has 0 N–H and O–H groups in total. The highest BCUT2D eigenvalue weighted by Gasteiger charge is 2.27. The van der Waals surface area contributed by atoms with Crippen LogP contribution in [-0.4, -0.2) is 46.3 Å².